The summed E-state index contributed by atoms with van der Waals surface area (Å²) in [4.78, 5) is 39.5. The minimum atomic E-state index is -5.08. The SMILES string of the molecule is Cc1cc(OCc2c(F)cccc2F)c2nc(C)c(C(=O)NC(CNC(=O)OC(C)(C)C)c3ccc(C#N)cc3)n2c1.O=C(O)C(F)(F)F. The van der Waals surface area contributed by atoms with Gasteiger partial charge in [0.2, 0.25) is 0 Å². The highest BCUT2D eigenvalue weighted by molar-refractivity contribution is 5.95. The van der Waals surface area contributed by atoms with Crippen LogP contribution in [0.5, 0.6) is 5.75 Å². The number of hydrogen-bond donors (Lipinski definition) is 3. The van der Waals surface area contributed by atoms with Crippen molar-refractivity contribution in [2.24, 2.45) is 0 Å². The summed E-state index contributed by atoms with van der Waals surface area (Å²) in [7, 11) is 0. The van der Waals surface area contributed by atoms with E-state index in [-0.39, 0.29) is 30.2 Å². The van der Waals surface area contributed by atoms with Gasteiger partial charge in [-0.25, -0.2) is 23.4 Å². The van der Waals surface area contributed by atoms with Gasteiger partial charge in [-0.3, -0.25) is 9.20 Å². The molecule has 0 saturated heterocycles. The Morgan fingerprint density at radius 1 is 1.04 bits per heavy atom. The number of nitrogens with zero attached hydrogens (tertiary/aromatic N) is 3. The van der Waals surface area contributed by atoms with Crippen molar-refractivity contribution in [3.05, 3.63) is 100 Å². The first-order chi connectivity index (χ1) is 22.8. The number of nitriles is 1. The Kier molecular flexibility index (Phi) is 11.9. The van der Waals surface area contributed by atoms with Crippen LogP contribution in [0.3, 0.4) is 0 Å². The molecule has 4 aromatic rings. The number of fused-ring (bicyclic) bond motifs is 1. The fraction of sp³-hybridized carbons (Fsp3) is 0.303. The lowest BCUT2D eigenvalue weighted by Gasteiger charge is -2.23. The van der Waals surface area contributed by atoms with Crippen molar-refractivity contribution in [2.45, 2.75) is 59.0 Å². The van der Waals surface area contributed by atoms with Gasteiger partial charge in [0.1, 0.15) is 29.5 Å². The van der Waals surface area contributed by atoms with E-state index >= 15 is 0 Å². The molecule has 0 bridgehead atoms. The van der Waals surface area contributed by atoms with Crippen molar-refractivity contribution < 1.29 is 50.9 Å². The van der Waals surface area contributed by atoms with E-state index in [1.165, 1.54) is 6.07 Å². The average molecular weight is 690 g/mol. The fourth-order valence-corrected chi connectivity index (χ4v) is 4.33. The van der Waals surface area contributed by atoms with Gasteiger partial charge in [-0.2, -0.15) is 18.4 Å². The topological polar surface area (TPSA) is 155 Å². The molecule has 11 nitrogen and oxygen atoms in total. The number of halogens is 5. The summed E-state index contributed by atoms with van der Waals surface area (Å²) in [5.41, 5.74) is 1.78. The maximum Gasteiger partial charge on any atom is 0.490 e. The van der Waals surface area contributed by atoms with Crippen LogP contribution in [0.15, 0.2) is 54.7 Å². The number of aryl methyl sites for hydroxylation is 2. The molecule has 2 aromatic carbocycles. The van der Waals surface area contributed by atoms with Gasteiger partial charge in [0, 0.05) is 12.7 Å². The van der Waals surface area contributed by atoms with Gasteiger partial charge in [0.05, 0.1) is 28.9 Å². The highest BCUT2D eigenvalue weighted by Crippen LogP contribution is 2.27. The monoisotopic (exact) mass is 689 g/mol. The van der Waals surface area contributed by atoms with Crippen LogP contribution in [0.25, 0.3) is 5.65 Å². The molecule has 0 saturated carbocycles. The number of aliphatic carboxylic acids is 1. The normalized spacial score (nSPS) is 11.9. The lowest BCUT2D eigenvalue weighted by atomic mass is 10.0. The highest BCUT2D eigenvalue weighted by atomic mass is 19.4. The van der Waals surface area contributed by atoms with Gasteiger partial charge in [0.25, 0.3) is 5.91 Å². The van der Waals surface area contributed by atoms with Crippen molar-refractivity contribution in [2.75, 3.05) is 6.54 Å². The van der Waals surface area contributed by atoms with E-state index in [1.807, 2.05) is 0 Å². The Bertz CT molecular complexity index is 1860. The second-order valence-corrected chi connectivity index (χ2v) is 11.6. The number of benzene rings is 2. The Hall–Kier alpha value is -5.72. The van der Waals surface area contributed by atoms with E-state index in [2.05, 4.69) is 21.7 Å². The second-order valence-electron chi connectivity index (χ2n) is 11.6. The molecule has 0 aliphatic heterocycles. The number of carboxylic acids is 1. The number of alkyl carbamates (subject to hydrolysis) is 1. The smallest absolute Gasteiger partial charge is 0.485 e. The first-order valence-corrected chi connectivity index (χ1v) is 14.4. The minimum Gasteiger partial charge on any atom is -0.485 e. The molecule has 1 atom stereocenters. The zero-order valence-electron chi connectivity index (χ0n) is 26.9. The van der Waals surface area contributed by atoms with Gasteiger partial charge in [-0.1, -0.05) is 18.2 Å². The van der Waals surface area contributed by atoms with Crippen LogP contribution in [0.2, 0.25) is 0 Å². The Balaban J connectivity index is 0.000000838. The molecule has 0 aliphatic carbocycles. The first kappa shape index (κ1) is 37.7. The number of imidazole rings is 1. The number of aromatic nitrogens is 2. The zero-order chi connectivity index (χ0) is 36.7. The van der Waals surface area contributed by atoms with E-state index in [9.17, 15) is 36.8 Å². The Morgan fingerprint density at radius 3 is 2.16 bits per heavy atom. The van der Waals surface area contributed by atoms with E-state index in [0.29, 0.717) is 28.0 Å². The standard InChI is InChI=1S/C31H31F2N5O4.C2HF3O2/c1-18-13-26(41-17-22-23(32)7-6-8-24(22)33)28-36-19(2)27(38(28)16-18)29(39)37-25(15-35-30(40)42-31(3,4)5)21-11-9-20(14-34)10-12-21;3-2(4,5)1(6)7/h6-13,16,25H,15,17H2,1-5H3,(H,35,40)(H,37,39);(H,6,7). The first-order valence-electron chi connectivity index (χ1n) is 14.4. The third kappa shape index (κ3) is 10.4. The molecule has 4 rings (SSSR count). The zero-order valence-corrected chi connectivity index (χ0v) is 26.9. The summed E-state index contributed by atoms with van der Waals surface area (Å²) < 4.78 is 72.8. The number of carboxylic acid groups (broad SMARTS) is 1. The van der Waals surface area contributed by atoms with Gasteiger partial charge in [0.15, 0.2) is 11.4 Å². The highest BCUT2D eigenvalue weighted by Gasteiger charge is 2.38. The summed E-state index contributed by atoms with van der Waals surface area (Å²) in [6.07, 6.45) is -4.03. The predicted molar refractivity (Wildman–Crippen MR) is 165 cm³/mol. The minimum absolute atomic E-state index is 0.00390. The lowest BCUT2D eigenvalue weighted by Crippen LogP contribution is -2.40. The average Bonchev–Trinajstić information content (AvgIpc) is 3.33. The van der Waals surface area contributed by atoms with Gasteiger partial charge in [-0.15, -0.1) is 0 Å². The van der Waals surface area contributed by atoms with Crippen LogP contribution < -0.4 is 15.4 Å². The van der Waals surface area contributed by atoms with E-state index < -0.39 is 47.4 Å². The summed E-state index contributed by atoms with van der Waals surface area (Å²) in [5.74, 6) is -4.46. The number of amides is 2. The molecular weight excluding hydrogens is 657 g/mol. The molecule has 2 aromatic heterocycles. The molecule has 16 heteroatoms. The number of hydrogen-bond acceptors (Lipinski definition) is 7. The number of alkyl halides is 3. The molecule has 2 heterocycles. The molecular formula is C33H32F5N5O6. The van der Waals surface area contributed by atoms with Crippen LogP contribution in [-0.2, 0) is 16.1 Å². The van der Waals surface area contributed by atoms with Gasteiger partial charge in [-0.05, 0) is 76.1 Å². The maximum absolute atomic E-state index is 14.2. The Morgan fingerprint density at radius 2 is 1.63 bits per heavy atom. The molecule has 3 N–H and O–H groups in total. The second kappa shape index (κ2) is 15.5. The maximum atomic E-state index is 14.2. The fourth-order valence-electron chi connectivity index (χ4n) is 4.33. The third-order valence-electron chi connectivity index (χ3n) is 6.49. The van der Waals surface area contributed by atoms with Crippen molar-refractivity contribution in [3.63, 3.8) is 0 Å². The van der Waals surface area contributed by atoms with Crippen molar-refractivity contribution in [3.8, 4) is 11.8 Å². The summed E-state index contributed by atoms with van der Waals surface area (Å²) in [6.45, 7) is 8.31. The summed E-state index contributed by atoms with van der Waals surface area (Å²) in [6, 6.07) is 13.2. The van der Waals surface area contributed by atoms with Crippen molar-refractivity contribution in [1.82, 2.24) is 20.0 Å². The number of carbonyl (C=O) groups is 3. The van der Waals surface area contributed by atoms with E-state index in [4.69, 9.17) is 19.4 Å². The van der Waals surface area contributed by atoms with Gasteiger partial charge >= 0.3 is 18.2 Å². The van der Waals surface area contributed by atoms with E-state index in [0.717, 1.165) is 12.1 Å². The quantitative estimate of drug-likeness (QED) is 0.182. The molecule has 260 valence electrons. The Labute approximate surface area is 277 Å². The van der Waals surface area contributed by atoms with Crippen LogP contribution >= 0.6 is 0 Å². The number of pyridine rings is 1. The molecule has 1 unspecified atom stereocenters. The van der Waals surface area contributed by atoms with Crippen molar-refractivity contribution >= 4 is 23.6 Å². The summed E-state index contributed by atoms with van der Waals surface area (Å²) >= 11 is 0. The lowest BCUT2D eigenvalue weighted by molar-refractivity contribution is -0.192. The molecule has 2 amide bonds. The number of ether oxygens (including phenoxy) is 2. The van der Waals surface area contributed by atoms with Crippen LogP contribution in [0.1, 0.15) is 65.2 Å². The third-order valence-corrected chi connectivity index (χ3v) is 6.49. The number of carbonyl (C=O) groups excluding carboxylic acids is 2. The van der Waals surface area contributed by atoms with E-state index in [1.54, 1.807) is 75.5 Å². The number of rotatable bonds is 8. The van der Waals surface area contributed by atoms with Crippen molar-refractivity contribution in [1.29, 1.82) is 5.26 Å². The predicted octanol–water partition coefficient (Wildman–Crippen LogP) is 6.31. The number of nitrogens with one attached hydrogen (secondary N) is 2. The molecule has 49 heavy (non-hydrogen) atoms. The summed E-state index contributed by atoms with van der Waals surface area (Å²) in [5, 5.41) is 21.9. The van der Waals surface area contributed by atoms with Crippen LogP contribution in [0.4, 0.5) is 26.7 Å². The molecule has 0 radical (unpaired) electrons. The van der Waals surface area contributed by atoms with Crippen LogP contribution in [0, 0.1) is 36.8 Å². The molecule has 0 aliphatic rings. The molecule has 0 spiro atoms. The molecule has 0 fully saturated rings. The van der Waals surface area contributed by atoms with Gasteiger partial charge < -0.3 is 25.2 Å². The largest absolute Gasteiger partial charge is 0.490 e. The van der Waals surface area contributed by atoms with Crippen LogP contribution in [-0.4, -0.2) is 50.8 Å².